The Hall–Kier alpha value is -0.510. The second-order valence-corrected chi connectivity index (χ2v) is 5.39. The van der Waals surface area contributed by atoms with Gasteiger partial charge in [0.15, 0.2) is 0 Å². The van der Waals surface area contributed by atoms with Gasteiger partial charge in [0.1, 0.15) is 0 Å². The molecule has 0 spiro atoms. The van der Waals surface area contributed by atoms with Crippen LogP contribution in [0.15, 0.2) is 29.6 Å². The zero-order valence-corrected chi connectivity index (χ0v) is 11.2. The van der Waals surface area contributed by atoms with Gasteiger partial charge >= 0.3 is 0 Å². The van der Waals surface area contributed by atoms with E-state index in [2.05, 4.69) is 54.2 Å². The van der Waals surface area contributed by atoms with Crippen LogP contribution < -0.4 is 0 Å². The van der Waals surface area contributed by atoms with Gasteiger partial charge in [0.25, 0.3) is 0 Å². The van der Waals surface area contributed by atoms with Crippen LogP contribution in [-0.4, -0.2) is 30.8 Å². The molecule has 2 aromatic rings. The summed E-state index contributed by atoms with van der Waals surface area (Å²) in [6.07, 6.45) is 1.13. The number of hydrogen-bond acceptors (Lipinski definition) is 3. The molecule has 0 saturated heterocycles. The van der Waals surface area contributed by atoms with Crippen molar-refractivity contribution in [2.24, 2.45) is 0 Å². The Morgan fingerprint density at radius 2 is 2.06 bits per heavy atom. The van der Waals surface area contributed by atoms with Crippen LogP contribution in [0.3, 0.4) is 0 Å². The smallest absolute Gasteiger partial charge is 0.0345 e. The first-order valence-corrected chi connectivity index (χ1v) is 7.07. The third-order valence-corrected chi connectivity index (χ3v) is 4.02. The van der Waals surface area contributed by atoms with Crippen molar-refractivity contribution in [2.75, 3.05) is 25.9 Å². The van der Waals surface area contributed by atoms with E-state index in [0.717, 1.165) is 25.3 Å². The van der Waals surface area contributed by atoms with Crippen LogP contribution in [0.2, 0.25) is 0 Å². The highest BCUT2D eigenvalue weighted by molar-refractivity contribution is 7.80. The minimum absolute atomic E-state index is 0.931. The molecule has 0 aliphatic heterocycles. The normalized spacial score (nSPS) is 11.4. The second kappa shape index (κ2) is 5.71. The van der Waals surface area contributed by atoms with Gasteiger partial charge in [-0.05, 0) is 35.9 Å². The topological polar surface area (TPSA) is 3.24 Å². The molecule has 0 N–H and O–H groups in total. The monoisotopic (exact) mass is 251 g/mol. The van der Waals surface area contributed by atoms with E-state index < -0.39 is 0 Å². The van der Waals surface area contributed by atoms with E-state index in [9.17, 15) is 0 Å². The molecule has 0 unspecified atom stereocenters. The molecule has 0 radical (unpaired) electrons. The van der Waals surface area contributed by atoms with Crippen LogP contribution in [0.1, 0.15) is 5.56 Å². The maximum Gasteiger partial charge on any atom is 0.0345 e. The van der Waals surface area contributed by atoms with Gasteiger partial charge in [0, 0.05) is 23.5 Å². The van der Waals surface area contributed by atoms with Crippen molar-refractivity contribution in [3.05, 3.63) is 35.2 Å². The Kier molecular flexibility index (Phi) is 4.27. The van der Waals surface area contributed by atoms with Gasteiger partial charge in [-0.1, -0.05) is 18.2 Å². The quantitative estimate of drug-likeness (QED) is 0.798. The first-order valence-electron chi connectivity index (χ1n) is 5.56. The van der Waals surface area contributed by atoms with E-state index >= 15 is 0 Å². The molecule has 1 aromatic heterocycles. The van der Waals surface area contributed by atoms with Crippen molar-refractivity contribution in [2.45, 2.75) is 6.42 Å². The van der Waals surface area contributed by atoms with E-state index in [1.807, 2.05) is 11.3 Å². The molecule has 3 heteroatoms. The SMILES string of the molecule is CN(CCS)CCc1csc2ccccc12. The summed E-state index contributed by atoms with van der Waals surface area (Å²) < 4.78 is 1.40. The molecule has 0 amide bonds. The second-order valence-electron chi connectivity index (χ2n) is 4.03. The summed E-state index contributed by atoms with van der Waals surface area (Å²) in [6.45, 7) is 2.17. The Balaban J connectivity index is 2.04. The number of thiophene rings is 1. The standard InChI is InChI=1S/C13H17NS2/c1-14(8-9-15)7-6-11-10-16-13-5-3-2-4-12(11)13/h2-5,10,15H,6-9H2,1H3. The van der Waals surface area contributed by atoms with Gasteiger partial charge in [-0.3, -0.25) is 0 Å². The minimum Gasteiger partial charge on any atom is -0.305 e. The lowest BCUT2D eigenvalue weighted by Crippen LogP contribution is -2.23. The van der Waals surface area contributed by atoms with Crippen LogP contribution in [0.4, 0.5) is 0 Å². The van der Waals surface area contributed by atoms with E-state index in [4.69, 9.17) is 0 Å². The number of hydrogen-bond donors (Lipinski definition) is 1. The molecular weight excluding hydrogens is 234 g/mol. The van der Waals surface area contributed by atoms with Crippen molar-refractivity contribution >= 4 is 34.1 Å². The lowest BCUT2D eigenvalue weighted by atomic mass is 10.1. The molecule has 0 fully saturated rings. The van der Waals surface area contributed by atoms with Crippen LogP contribution in [0.25, 0.3) is 10.1 Å². The number of rotatable bonds is 5. The van der Waals surface area contributed by atoms with Crippen molar-refractivity contribution in [3.8, 4) is 0 Å². The van der Waals surface area contributed by atoms with Crippen LogP contribution in [0.5, 0.6) is 0 Å². The lowest BCUT2D eigenvalue weighted by molar-refractivity contribution is 0.361. The van der Waals surface area contributed by atoms with Crippen LogP contribution in [0, 0.1) is 0 Å². The first-order chi connectivity index (χ1) is 7.81. The summed E-state index contributed by atoms with van der Waals surface area (Å²) >= 11 is 6.09. The Bertz CT molecular complexity index is 450. The summed E-state index contributed by atoms with van der Waals surface area (Å²) in [7, 11) is 2.16. The molecule has 2 rings (SSSR count). The summed E-state index contributed by atoms with van der Waals surface area (Å²) in [4.78, 5) is 2.33. The molecule has 0 bridgehead atoms. The summed E-state index contributed by atoms with van der Waals surface area (Å²) in [5, 5.41) is 3.71. The average Bonchev–Trinajstić information content (AvgIpc) is 2.70. The van der Waals surface area contributed by atoms with Gasteiger partial charge in [-0.25, -0.2) is 0 Å². The van der Waals surface area contributed by atoms with Gasteiger partial charge < -0.3 is 4.90 Å². The maximum atomic E-state index is 4.25. The molecule has 0 atom stereocenters. The van der Waals surface area contributed by atoms with Crippen LogP contribution >= 0.6 is 24.0 Å². The van der Waals surface area contributed by atoms with Gasteiger partial charge in [0.05, 0.1) is 0 Å². The van der Waals surface area contributed by atoms with Gasteiger partial charge in [-0.2, -0.15) is 12.6 Å². The van der Waals surface area contributed by atoms with Crippen molar-refractivity contribution in [1.29, 1.82) is 0 Å². The van der Waals surface area contributed by atoms with E-state index in [-0.39, 0.29) is 0 Å². The Morgan fingerprint density at radius 1 is 1.25 bits per heavy atom. The maximum absolute atomic E-state index is 4.25. The number of fused-ring (bicyclic) bond motifs is 1. The minimum atomic E-state index is 0.931. The predicted molar refractivity (Wildman–Crippen MR) is 76.9 cm³/mol. The summed E-state index contributed by atoms with van der Waals surface area (Å²) in [5.74, 6) is 0.931. The molecule has 0 saturated carbocycles. The highest BCUT2D eigenvalue weighted by Crippen LogP contribution is 2.25. The fourth-order valence-electron chi connectivity index (χ4n) is 1.82. The van der Waals surface area contributed by atoms with Crippen molar-refractivity contribution < 1.29 is 0 Å². The third kappa shape index (κ3) is 2.78. The number of likely N-dealkylation sites (N-methyl/N-ethyl adjacent to an activating group) is 1. The molecule has 1 nitrogen and oxygen atoms in total. The lowest BCUT2D eigenvalue weighted by Gasteiger charge is -2.14. The molecular formula is C13H17NS2. The largest absolute Gasteiger partial charge is 0.305 e. The fourth-order valence-corrected chi connectivity index (χ4v) is 3.16. The third-order valence-electron chi connectivity index (χ3n) is 2.81. The first kappa shape index (κ1) is 12.0. The number of benzene rings is 1. The van der Waals surface area contributed by atoms with Gasteiger partial charge in [-0.15, -0.1) is 11.3 Å². The molecule has 1 aromatic carbocycles. The Morgan fingerprint density at radius 3 is 2.88 bits per heavy atom. The van der Waals surface area contributed by atoms with Crippen molar-refractivity contribution in [1.82, 2.24) is 4.90 Å². The van der Waals surface area contributed by atoms with Crippen LogP contribution in [-0.2, 0) is 6.42 Å². The zero-order valence-electron chi connectivity index (χ0n) is 9.52. The van der Waals surface area contributed by atoms with E-state index in [1.165, 1.54) is 15.6 Å². The number of thiol groups is 1. The zero-order chi connectivity index (χ0) is 11.4. The average molecular weight is 251 g/mol. The van der Waals surface area contributed by atoms with E-state index in [1.54, 1.807) is 0 Å². The van der Waals surface area contributed by atoms with Crippen molar-refractivity contribution in [3.63, 3.8) is 0 Å². The molecule has 0 aliphatic carbocycles. The molecule has 1 heterocycles. The summed E-state index contributed by atoms with van der Waals surface area (Å²) in [6, 6.07) is 8.65. The highest BCUT2D eigenvalue weighted by atomic mass is 32.1. The summed E-state index contributed by atoms with van der Waals surface area (Å²) in [5.41, 5.74) is 1.48. The predicted octanol–water partition coefficient (Wildman–Crippen LogP) is 3.31. The van der Waals surface area contributed by atoms with E-state index in [0.29, 0.717) is 0 Å². The Labute approximate surface area is 106 Å². The highest BCUT2D eigenvalue weighted by Gasteiger charge is 2.04. The van der Waals surface area contributed by atoms with Gasteiger partial charge in [0.2, 0.25) is 0 Å². The molecule has 86 valence electrons. The fraction of sp³-hybridized carbons (Fsp3) is 0.385. The number of nitrogens with zero attached hydrogens (tertiary/aromatic N) is 1. The molecule has 16 heavy (non-hydrogen) atoms. The molecule has 0 aliphatic rings.